The fraction of sp³-hybridized carbons (Fsp3) is 0.450. The van der Waals surface area contributed by atoms with Crippen molar-refractivity contribution in [3.8, 4) is 6.01 Å². The maximum atomic E-state index is 12.8. The van der Waals surface area contributed by atoms with Crippen LogP contribution in [0.2, 0.25) is 0 Å². The average molecular weight is 433 g/mol. The molecule has 160 valence electrons. The van der Waals surface area contributed by atoms with E-state index in [2.05, 4.69) is 14.7 Å². The maximum Gasteiger partial charge on any atom is 0.419 e. The van der Waals surface area contributed by atoms with Gasteiger partial charge < -0.3 is 9.15 Å². The predicted octanol–water partition coefficient (Wildman–Crippen LogP) is 2.21. The summed E-state index contributed by atoms with van der Waals surface area (Å²) in [6.07, 6.45) is 2.68. The van der Waals surface area contributed by atoms with Crippen LogP contribution in [0.4, 0.5) is 0 Å². The first kappa shape index (κ1) is 20.5. The number of hydrogen-bond donors (Lipinski definition) is 1. The molecule has 0 bridgehead atoms. The van der Waals surface area contributed by atoms with Crippen molar-refractivity contribution < 1.29 is 17.6 Å². The highest BCUT2D eigenvalue weighted by Crippen LogP contribution is 2.25. The molecular formula is C20H24N4O5S. The van der Waals surface area contributed by atoms with Crippen molar-refractivity contribution in [2.45, 2.75) is 56.6 Å². The van der Waals surface area contributed by atoms with E-state index in [1.807, 2.05) is 19.9 Å². The van der Waals surface area contributed by atoms with Crippen LogP contribution in [-0.4, -0.2) is 35.1 Å². The molecule has 1 aromatic carbocycles. The van der Waals surface area contributed by atoms with Crippen LogP contribution in [0.3, 0.4) is 0 Å². The predicted molar refractivity (Wildman–Crippen MR) is 110 cm³/mol. The molecule has 1 N–H and O–H groups in total. The van der Waals surface area contributed by atoms with Gasteiger partial charge in [0.1, 0.15) is 6.10 Å². The second-order valence-corrected chi connectivity index (χ2v) is 9.42. The van der Waals surface area contributed by atoms with E-state index in [0.717, 1.165) is 11.4 Å². The van der Waals surface area contributed by atoms with Crippen LogP contribution in [0.25, 0.3) is 11.1 Å². The van der Waals surface area contributed by atoms with Gasteiger partial charge in [-0.15, -0.1) is 0 Å². The zero-order valence-corrected chi connectivity index (χ0v) is 17.9. The molecule has 1 fully saturated rings. The number of aromatic nitrogens is 3. The lowest BCUT2D eigenvalue weighted by Crippen LogP contribution is -2.39. The molecule has 3 aromatic rings. The van der Waals surface area contributed by atoms with E-state index >= 15 is 0 Å². The molecule has 9 nitrogen and oxygen atoms in total. The molecule has 10 heteroatoms. The van der Waals surface area contributed by atoms with Crippen LogP contribution in [0, 0.1) is 13.8 Å². The summed E-state index contributed by atoms with van der Waals surface area (Å²) in [6.45, 7) is 3.79. The number of benzene rings is 1. The van der Waals surface area contributed by atoms with Gasteiger partial charge in [0.25, 0.3) is 0 Å². The number of fused-ring (bicyclic) bond motifs is 1. The number of oxazole rings is 1. The number of rotatable bonds is 5. The largest absolute Gasteiger partial charge is 0.460 e. The molecule has 0 saturated heterocycles. The third-order valence-corrected chi connectivity index (χ3v) is 6.82. The molecule has 2 aromatic heterocycles. The number of hydrogen-bond acceptors (Lipinski definition) is 7. The first-order chi connectivity index (χ1) is 14.2. The van der Waals surface area contributed by atoms with Crippen LogP contribution in [0.15, 0.2) is 38.4 Å². The summed E-state index contributed by atoms with van der Waals surface area (Å²) in [5, 5.41) is 0. The molecule has 0 unspecified atom stereocenters. The van der Waals surface area contributed by atoms with Crippen LogP contribution < -0.4 is 15.2 Å². The lowest BCUT2D eigenvalue weighted by molar-refractivity contribution is 0.131. The molecule has 0 radical (unpaired) electrons. The quantitative estimate of drug-likeness (QED) is 0.657. The van der Waals surface area contributed by atoms with Gasteiger partial charge in [-0.2, -0.15) is 0 Å². The Hall–Kier alpha value is -2.72. The monoisotopic (exact) mass is 432 g/mol. The molecule has 1 aliphatic carbocycles. The highest BCUT2D eigenvalue weighted by Gasteiger charge is 2.27. The van der Waals surface area contributed by atoms with Crippen molar-refractivity contribution in [1.82, 2.24) is 19.3 Å². The second kappa shape index (κ2) is 7.84. The minimum Gasteiger partial charge on any atom is -0.460 e. The fourth-order valence-electron chi connectivity index (χ4n) is 3.75. The van der Waals surface area contributed by atoms with Crippen LogP contribution in [0.1, 0.15) is 37.1 Å². The molecule has 2 heterocycles. The molecule has 0 amide bonds. The third-order valence-electron chi connectivity index (χ3n) is 5.30. The van der Waals surface area contributed by atoms with E-state index in [1.54, 1.807) is 7.05 Å². The summed E-state index contributed by atoms with van der Waals surface area (Å²) >= 11 is 0. The Kier molecular flexibility index (Phi) is 5.37. The molecule has 30 heavy (non-hydrogen) atoms. The van der Waals surface area contributed by atoms with Crippen molar-refractivity contribution in [3.63, 3.8) is 0 Å². The summed E-state index contributed by atoms with van der Waals surface area (Å²) < 4.78 is 40.7. The van der Waals surface area contributed by atoms with Gasteiger partial charge in [-0.3, -0.25) is 4.57 Å². The average Bonchev–Trinajstić information content (AvgIpc) is 2.96. The summed E-state index contributed by atoms with van der Waals surface area (Å²) in [5.74, 6) is -0.529. The van der Waals surface area contributed by atoms with Gasteiger partial charge in [-0.05, 0) is 63.8 Å². The molecule has 1 aliphatic rings. The summed E-state index contributed by atoms with van der Waals surface area (Å²) in [6, 6.07) is 6.47. The minimum atomic E-state index is -3.72. The Morgan fingerprint density at radius 1 is 1.10 bits per heavy atom. The van der Waals surface area contributed by atoms with Crippen molar-refractivity contribution in [2.75, 3.05) is 0 Å². The van der Waals surface area contributed by atoms with Crippen LogP contribution in [-0.2, 0) is 17.1 Å². The maximum absolute atomic E-state index is 12.8. The summed E-state index contributed by atoms with van der Waals surface area (Å²) in [4.78, 5) is 20.3. The van der Waals surface area contributed by atoms with E-state index in [0.29, 0.717) is 42.8 Å². The Morgan fingerprint density at radius 2 is 1.77 bits per heavy atom. The van der Waals surface area contributed by atoms with E-state index in [1.165, 1.54) is 22.8 Å². The number of nitrogens with one attached hydrogen (secondary N) is 1. The highest BCUT2D eigenvalue weighted by atomic mass is 32.2. The molecule has 0 aliphatic heterocycles. The molecule has 0 spiro atoms. The SMILES string of the molecule is Cc1cc(C)nc(OC2CCC(NS(=O)(=O)c3ccc4oc(=O)n(C)c4c3)CC2)n1. The topological polar surface area (TPSA) is 116 Å². The number of aryl methyl sites for hydroxylation is 3. The van der Waals surface area contributed by atoms with Gasteiger partial charge in [0, 0.05) is 24.5 Å². The van der Waals surface area contributed by atoms with Gasteiger partial charge in [0.15, 0.2) is 5.58 Å². The zero-order chi connectivity index (χ0) is 21.5. The first-order valence-electron chi connectivity index (χ1n) is 9.82. The highest BCUT2D eigenvalue weighted by molar-refractivity contribution is 7.89. The molecular weight excluding hydrogens is 408 g/mol. The third kappa shape index (κ3) is 4.24. The zero-order valence-electron chi connectivity index (χ0n) is 17.1. The normalized spacial score (nSPS) is 19.8. The number of nitrogens with zero attached hydrogens (tertiary/aromatic N) is 3. The van der Waals surface area contributed by atoms with Gasteiger partial charge in [0.2, 0.25) is 10.0 Å². The molecule has 4 rings (SSSR count). The van der Waals surface area contributed by atoms with Gasteiger partial charge in [0.05, 0.1) is 10.4 Å². The first-order valence-corrected chi connectivity index (χ1v) is 11.3. The standard InChI is InChI=1S/C20H24N4O5S/c1-12-10-13(2)22-19(21-12)28-15-6-4-14(5-7-15)23-30(26,27)16-8-9-18-17(11-16)24(3)20(25)29-18/h8-11,14-15,23H,4-7H2,1-3H3. The summed E-state index contributed by atoms with van der Waals surface area (Å²) in [5.41, 5.74) is 2.50. The Morgan fingerprint density at radius 3 is 2.43 bits per heavy atom. The molecule has 1 saturated carbocycles. The lowest BCUT2D eigenvalue weighted by Gasteiger charge is -2.28. The van der Waals surface area contributed by atoms with Crippen molar-refractivity contribution >= 4 is 21.1 Å². The van der Waals surface area contributed by atoms with Crippen molar-refractivity contribution in [1.29, 1.82) is 0 Å². The van der Waals surface area contributed by atoms with Gasteiger partial charge >= 0.3 is 11.8 Å². The van der Waals surface area contributed by atoms with E-state index in [9.17, 15) is 13.2 Å². The summed E-state index contributed by atoms with van der Waals surface area (Å²) in [7, 11) is -2.18. The Balaban J connectivity index is 1.40. The fourth-order valence-corrected chi connectivity index (χ4v) is 5.08. The number of ether oxygens (including phenoxy) is 1. The van der Waals surface area contributed by atoms with Crippen molar-refractivity contribution in [2.24, 2.45) is 7.05 Å². The minimum absolute atomic E-state index is 0.0382. The Bertz CT molecular complexity index is 1220. The van der Waals surface area contributed by atoms with Crippen molar-refractivity contribution in [3.05, 3.63) is 46.2 Å². The molecule has 0 atom stereocenters. The number of sulfonamides is 1. The second-order valence-electron chi connectivity index (χ2n) is 7.70. The van der Waals surface area contributed by atoms with Crippen LogP contribution >= 0.6 is 0 Å². The smallest absolute Gasteiger partial charge is 0.419 e. The van der Waals surface area contributed by atoms with E-state index in [-0.39, 0.29) is 17.0 Å². The lowest BCUT2D eigenvalue weighted by atomic mass is 9.94. The van der Waals surface area contributed by atoms with Gasteiger partial charge in [-0.25, -0.2) is 27.9 Å². The van der Waals surface area contributed by atoms with E-state index < -0.39 is 15.8 Å². The van der Waals surface area contributed by atoms with Crippen LogP contribution in [0.5, 0.6) is 6.01 Å². The Labute approximate surface area is 174 Å². The van der Waals surface area contributed by atoms with E-state index in [4.69, 9.17) is 9.15 Å². The van der Waals surface area contributed by atoms with Gasteiger partial charge in [-0.1, -0.05) is 0 Å².